The van der Waals surface area contributed by atoms with E-state index >= 15 is 0 Å². The van der Waals surface area contributed by atoms with Crippen LogP contribution in [0.2, 0.25) is 0 Å². The Bertz CT molecular complexity index is 597. The molecule has 1 N–H and O–H groups in total. The van der Waals surface area contributed by atoms with E-state index in [0.717, 1.165) is 23.7 Å². The molecule has 1 aliphatic rings. The van der Waals surface area contributed by atoms with Crippen molar-refractivity contribution >= 4 is 0 Å². The number of pyridine rings is 1. The van der Waals surface area contributed by atoms with Crippen LogP contribution in [0.3, 0.4) is 0 Å². The normalized spacial score (nSPS) is 14.0. The van der Waals surface area contributed by atoms with Crippen LogP contribution in [-0.2, 0) is 6.54 Å². The maximum absolute atomic E-state index is 5.81. The molecular weight excluding hydrogens is 264 g/mol. The molecule has 0 bridgehead atoms. The van der Waals surface area contributed by atoms with Crippen LogP contribution in [-0.4, -0.2) is 17.6 Å². The molecule has 21 heavy (non-hydrogen) atoms. The van der Waals surface area contributed by atoms with E-state index < -0.39 is 0 Å². The Kier molecular flexibility index (Phi) is 4.36. The lowest BCUT2D eigenvalue weighted by molar-refractivity contribution is 0.338. The Morgan fingerprint density at radius 2 is 1.95 bits per heavy atom. The quantitative estimate of drug-likeness (QED) is 0.844. The molecule has 0 saturated heterocycles. The molecule has 4 nitrogen and oxygen atoms in total. The number of nitrogens with one attached hydrogen (secondary N) is 1. The highest BCUT2D eigenvalue weighted by atomic mass is 16.5. The van der Waals surface area contributed by atoms with Gasteiger partial charge in [-0.05, 0) is 38.0 Å². The van der Waals surface area contributed by atoms with Gasteiger partial charge in [0.1, 0.15) is 11.5 Å². The SMILES string of the molecule is CCOc1cccc(Oc2cccc(CNC3CC3)n2)c1. The van der Waals surface area contributed by atoms with Crippen LogP contribution in [0.4, 0.5) is 0 Å². The van der Waals surface area contributed by atoms with Crippen LogP contribution >= 0.6 is 0 Å². The second kappa shape index (κ2) is 6.59. The van der Waals surface area contributed by atoms with Crippen molar-refractivity contribution in [3.05, 3.63) is 48.2 Å². The second-order valence-electron chi connectivity index (χ2n) is 5.13. The largest absolute Gasteiger partial charge is 0.494 e. The van der Waals surface area contributed by atoms with Gasteiger partial charge in [0.2, 0.25) is 5.88 Å². The number of ether oxygens (including phenoxy) is 2. The van der Waals surface area contributed by atoms with Crippen molar-refractivity contribution in [3.63, 3.8) is 0 Å². The van der Waals surface area contributed by atoms with Crippen molar-refractivity contribution in [2.24, 2.45) is 0 Å². The average molecular weight is 284 g/mol. The molecule has 0 aliphatic heterocycles. The summed E-state index contributed by atoms with van der Waals surface area (Å²) in [6, 6.07) is 14.1. The first-order valence-corrected chi connectivity index (χ1v) is 7.43. The molecule has 1 saturated carbocycles. The summed E-state index contributed by atoms with van der Waals surface area (Å²) >= 11 is 0. The summed E-state index contributed by atoms with van der Waals surface area (Å²) in [6.07, 6.45) is 2.56. The van der Waals surface area contributed by atoms with Crippen molar-refractivity contribution in [1.82, 2.24) is 10.3 Å². The zero-order valence-corrected chi connectivity index (χ0v) is 12.2. The molecule has 1 heterocycles. The summed E-state index contributed by atoms with van der Waals surface area (Å²) < 4.78 is 11.3. The molecule has 0 spiro atoms. The Labute approximate surface area is 125 Å². The first kappa shape index (κ1) is 13.9. The molecule has 3 rings (SSSR count). The van der Waals surface area contributed by atoms with Crippen LogP contribution in [0.5, 0.6) is 17.4 Å². The van der Waals surface area contributed by atoms with Gasteiger partial charge in [-0.3, -0.25) is 0 Å². The highest BCUT2D eigenvalue weighted by molar-refractivity contribution is 5.35. The van der Waals surface area contributed by atoms with Crippen LogP contribution in [0.1, 0.15) is 25.5 Å². The zero-order chi connectivity index (χ0) is 14.5. The highest BCUT2D eigenvalue weighted by Crippen LogP contribution is 2.24. The molecular formula is C17H20N2O2. The summed E-state index contributed by atoms with van der Waals surface area (Å²) in [7, 11) is 0. The number of nitrogens with zero attached hydrogens (tertiary/aromatic N) is 1. The van der Waals surface area contributed by atoms with E-state index in [0.29, 0.717) is 18.5 Å². The molecule has 1 aromatic heterocycles. The lowest BCUT2D eigenvalue weighted by Gasteiger charge is -2.09. The fourth-order valence-corrected chi connectivity index (χ4v) is 2.06. The molecule has 1 aliphatic carbocycles. The Morgan fingerprint density at radius 1 is 1.14 bits per heavy atom. The van der Waals surface area contributed by atoms with Gasteiger partial charge in [0.15, 0.2) is 0 Å². The van der Waals surface area contributed by atoms with Crippen molar-refractivity contribution in [3.8, 4) is 17.4 Å². The Morgan fingerprint density at radius 3 is 2.76 bits per heavy atom. The minimum atomic E-state index is 0.610. The topological polar surface area (TPSA) is 43.4 Å². The van der Waals surface area contributed by atoms with Crippen LogP contribution in [0.25, 0.3) is 0 Å². The maximum Gasteiger partial charge on any atom is 0.219 e. The third-order valence-corrected chi connectivity index (χ3v) is 3.27. The summed E-state index contributed by atoms with van der Waals surface area (Å²) in [6.45, 7) is 3.40. The predicted octanol–water partition coefficient (Wildman–Crippen LogP) is 3.52. The lowest BCUT2D eigenvalue weighted by atomic mass is 10.3. The molecule has 0 atom stereocenters. The lowest BCUT2D eigenvalue weighted by Crippen LogP contribution is -2.16. The minimum absolute atomic E-state index is 0.610. The smallest absolute Gasteiger partial charge is 0.219 e. The fraction of sp³-hybridized carbons (Fsp3) is 0.353. The van der Waals surface area contributed by atoms with E-state index in [2.05, 4.69) is 10.3 Å². The molecule has 110 valence electrons. The van der Waals surface area contributed by atoms with Gasteiger partial charge in [0.25, 0.3) is 0 Å². The molecule has 2 aromatic rings. The molecule has 1 fully saturated rings. The molecule has 4 heteroatoms. The van der Waals surface area contributed by atoms with Gasteiger partial charge >= 0.3 is 0 Å². The van der Waals surface area contributed by atoms with Crippen molar-refractivity contribution in [1.29, 1.82) is 0 Å². The predicted molar refractivity (Wildman–Crippen MR) is 81.8 cm³/mol. The summed E-state index contributed by atoms with van der Waals surface area (Å²) in [4.78, 5) is 4.52. The Balaban J connectivity index is 1.65. The summed E-state index contributed by atoms with van der Waals surface area (Å²) in [5.74, 6) is 2.15. The third kappa shape index (κ3) is 4.20. The van der Waals surface area contributed by atoms with Gasteiger partial charge in [0, 0.05) is 24.7 Å². The van der Waals surface area contributed by atoms with Crippen molar-refractivity contribution < 1.29 is 9.47 Å². The van der Waals surface area contributed by atoms with Gasteiger partial charge < -0.3 is 14.8 Å². The summed E-state index contributed by atoms with van der Waals surface area (Å²) in [5, 5.41) is 3.45. The molecule has 0 unspecified atom stereocenters. The monoisotopic (exact) mass is 284 g/mol. The van der Waals surface area contributed by atoms with Gasteiger partial charge in [-0.2, -0.15) is 0 Å². The van der Waals surface area contributed by atoms with E-state index in [1.807, 2.05) is 49.4 Å². The van der Waals surface area contributed by atoms with Gasteiger partial charge in [-0.1, -0.05) is 12.1 Å². The average Bonchev–Trinajstić information content (AvgIpc) is 3.31. The third-order valence-electron chi connectivity index (χ3n) is 3.27. The van der Waals surface area contributed by atoms with E-state index in [1.54, 1.807) is 0 Å². The number of hydrogen-bond donors (Lipinski definition) is 1. The first-order valence-electron chi connectivity index (χ1n) is 7.43. The fourth-order valence-electron chi connectivity index (χ4n) is 2.06. The molecule has 0 amide bonds. The number of aromatic nitrogens is 1. The first-order chi connectivity index (χ1) is 10.3. The van der Waals surface area contributed by atoms with E-state index in [1.165, 1.54) is 12.8 Å². The van der Waals surface area contributed by atoms with E-state index in [9.17, 15) is 0 Å². The standard InChI is InChI=1S/C17H20N2O2/c1-2-20-15-6-4-7-16(11-15)21-17-8-3-5-14(19-17)12-18-13-9-10-13/h3-8,11,13,18H,2,9-10,12H2,1H3. The van der Waals surface area contributed by atoms with Gasteiger partial charge in [-0.25, -0.2) is 4.98 Å². The zero-order valence-electron chi connectivity index (χ0n) is 12.2. The number of hydrogen-bond acceptors (Lipinski definition) is 4. The van der Waals surface area contributed by atoms with Crippen molar-refractivity contribution in [2.75, 3.05) is 6.61 Å². The number of benzene rings is 1. The van der Waals surface area contributed by atoms with Crippen molar-refractivity contribution in [2.45, 2.75) is 32.4 Å². The summed E-state index contributed by atoms with van der Waals surface area (Å²) in [5.41, 5.74) is 1.00. The minimum Gasteiger partial charge on any atom is -0.494 e. The van der Waals surface area contributed by atoms with Crippen LogP contribution in [0, 0.1) is 0 Å². The van der Waals surface area contributed by atoms with Gasteiger partial charge in [0.05, 0.1) is 12.3 Å². The second-order valence-corrected chi connectivity index (χ2v) is 5.13. The van der Waals surface area contributed by atoms with Crippen LogP contribution in [0.15, 0.2) is 42.5 Å². The van der Waals surface area contributed by atoms with E-state index in [-0.39, 0.29) is 0 Å². The molecule has 0 radical (unpaired) electrons. The van der Waals surface area contributed by atoms with Crippen LogP contribution < -0.4 is 14.8 Å². The molecule has 1 aromatic carbocycles. The maximum atomic E-state index is 5.81. The number of rotatable bonds is 7. The van der Waals surface area contributed by atoms with Gasteiger partial charge in [-0.15, -0.1) is 0 Å². The van der Waals surface area contributed by atoms with E-state index in [4.69, 9.17) is 9.47 Å². The Hall–Kier alpha value is -2.07. The highest BCUT2D eigenvalue weighted by Gasteiger charge is 2.20.